The smallest absolute Gasteiger partial charge is 0.159 e. The summed E-state index contributed by atoms with van der Waals surface area (Å²) in [6.07, 6.45) is 4.71. The van der Waals surface area contributed by atoms with Crippen LogP contribution in [0.1, 0.15) is 17.5 Å². The van der Waals surface area contributed by atoms with Crippen molar-refractivity contribution in [2.24, 2.45) is 0 Å². The molecule has 33 heavy (non-hydrogen) atoms. The van der Waals surface area contributed by atoms with Crippen molar-refractivity contribution in [3.05, 3.63) is 96.3 Å². The molecular weight excluding hydrogens is 408 g/mol. The number of aromatic nitrogens is 2. The summed E-state index contributed by atoms with van der Waals surface area (Å²) < 4.78 is 0. The van der Waals surface area contributed by atoms with E-state index in [1.807, 2.05) is 12.4 Å². The van der Waals surface area contributed by atoms with Crippen LogP contribution in [0.25, 0.3) is 22.2 Å². The van der Waals surface area contributed by atoms with Gasteiger partial charge in [0.2, 0.25) is 0 Å². The molecule has 1 aromatic heterocycles. The predicted octanol–water partition coefficient (Wildman–Crippen LogP) is 4.37. The van der Waals surface area contributed by atoms with Gasteiger partial charge in [0.25, 0.3) is 0 Å². The van der Waals surface area contributed by atoms with E-state index < -0.39 is 0 Å². The maximum atomic E-state index is 9.63. The second kappa shape index (κ2) is 10.2. The molecule has 5 heteroatoms. The van der Waals surface area contributed by atoms with Crippen molar-refractivity contribution in [1.29, 1.82) is 0 Å². The third-order valence-electron chi connectivity index (χ3n) is 6.52. The monoisotopic (exact) mass is 438 g/mol. The van der Waals surface area contributed by atoms with Crippen LogP contribution in [0.5, 0.6) is 0 Å². The Morgan fingerprint density at radius 1 is 0.788 bits per heavy atom. The zero-order valence-electron chi connectivity index (χ0n) is 18.8. The number of hydrogen-bond acceptors (Lipinski definition) is 5. The Kier molecular flexibility index (Phi) is 6.72. The van der Waals surface area contributed by atoms with Gasteiger partial charge in [-0.2, -0.15) is 0 Å². The van der Waals surface area contributed by atoms with Gasteiger partial charge in [0.1, 0.15) is 0 Å². The van der Waals surface area contributed by atoms with Gasteiger partial charge in [0, 0.05) is 68.9 Å². The Balaban J connectivity index is 1.26. The van der Waals surface area contributed by atoms with Crippen LogP contribution in [0.4, 0.5) is 0 Å². The van der Waals surface area contributed by atoms with Crippen LogP contribution in [-0.4, -0.2) is 57.2 Å². The average Bonchev–Trinajstić information content (AvgIpc) is 2.87. The lowest BCUT2D eigenvalue weighted by Gasteiger charge is -2.41. The number of hydrogen-bond donors (Lipinski definition) is 1. The van der Waals surface area contributed by atoms with Gasteiger partial charge in [-0.3, -0.25) is 9.80 Å². The fourth-order valence-corrected chi connectivity index (χ4v) is 4.80. The third-order valence-corrected chi connectivity index (χ3v) is 6.52. The summed E-state index contributed by atoms with van der Waals surface area (Å²) in [5, 5.41) is 12.0. The predicted molar refractivity (Wildman–Crippen MR) is 133 cm³/mol. The first-order chi connectivity index (χ1) is 16.3. The first-order valence-corrected chi connectivity index (χ1v) is 11.7. The van der Waals surface area contributed by atoms with Crippen molar-refractivity contribution in [2.45, 2.75) is 25.6 Å². The van der Waals surface area contributed by atoms with Crippen LogP contribution >= 0.6 is 0 Å². The van der Waals surface area contributed by atoms with Crippen molar-refractivity contribution in [1.82, 2.24) is 19.8 Å². The van der Waals surface area contributed by atoms with Crippen molar-refractivity contribution >= 4 is 10.8 Å². The average molecular weight is 439 g/mol. The zero-order valence-corrected chi connectivity index (χ0v) is 18.8. The summed E-state index contributed by atoms with van der Waals surface area (Å²) in [7, 11) is 0. The number of fused-ring (bicyclic) bond motifs is 1. The molecule has 2 heterocycles. The first-order valence-electron chi connectivity index (χ1n) is 11.7. The quantitative estimate of drug-likeness (QED) is 0.465. The van der Waals surface area contributed by atoms with Crippen molar-refractivity contribution in [2.75, 3.05) is 26.2 Å². The Hall–Kier alpha value is -3.12. The Morgan fingerprint density at radius 3 is 2.36 bits per heavy atom. The summed E-state index contributed by atoms with van der Waals surface area (Å²) in [5.41, 5.74) is 3.52. The van der Waals surface area contributed by atoms with Crippen molar-refractivity contribution in [3.8, 4) is 11.4 Å². The lowest BCUT2D eigenvalue weighted by Crippen LogP contribution is -2.52. The van der Waals surface area contributed by atoms with Gasteiger partial charge in [0.15, 0.2) is 5.82 Å². The molecule has 3 aromatic carbocycles. The second-order valence-electron chi connectivity index (χ2n) is 8.80. The van der Waals surface area contributed by atoms with Crippen LogP contribution in [0, 0.1) is 0 Å². The molecule has 0 saturated carbocycles. The lowest BCUT2D eigenvalue weighted by molar-refractivity contribution is 0.0499. The SMILES string of the molecule is OCCC1CN(Cc2cnc(-c3cccc4ccccc34)nc2)CCN1Cc1ccccc1. The van der Waals surface area contributed by atoms with Crippen molar-refractivity contribution < 1.29 is 5.11 Å². The molecule has 0 amide bonds. The van der Waals surface area contributed by atoms with Gasteiger partial charge in [-0.25, -0.2) is 9.97 Å². The van der Waals surface area contributed by atoms with Gasteiger partial charge < -0.3 is 5.11 Å². The van der Waals surface area contributed by atoms with Gasteiger partial charge in [-0.1, -0.05) is 72.8 Å². The zero-order chi connectivity index (χ0) is 22.5. The molecule has 168 valence electrons. The van der Waals surface area contributed by atoms with E-state index in [1.54, 1.807) is 0 Å². The maximum Gasteiger partial charge on any atom is 0.159 e. The summed E-state index contributed by atoms with van der Waals surface area (Å²) in [6.45, 7) is 4.92. The van der Waals surface area contributed by atoms with Gasteiger partial charge in [-0.05, 0) is 22.8 Å². The fourth-order valence-electron chi connectivity index (χ4n) is 4.80. The topological polar surface area (TPSA) is 52.5 Å². The van der Waals surface area contributed by atoms with Crippen LogP contribution in [0.3, 0.4) is 0 Å². The highest BCUT2D eigenvalue weighted by Crippen LogP contribution is 2.26. The highest BCUT2D eigenvalue weighted by molar-refractivity contribution is 5.94. The van der Waals surface area contributed by atoms with E-state index in [9.17, 15) is 5.11 Å². The summed E-state index contributed by atoms with van der Waals surface area (Å²) in [5.74, 6) is 0.765. The van der Waals surface area contributed by atoms with E-state index >= 15 is 0 Å². The molecule has 0 aliphatic carbocycles. The number of benzene rings is 3. The molecule has 1 N–H and O–H groups in total. The van der Waals surface area contributed by atoms with E-state index in [-0.39, 0.29) is 6.61 Å². The Bertz CT molecular complexity index is 1170. The normalized spacial score (nSPS) is 17.4. The lowest BCUT2D eigenvalue weighted by atomic mass is 10.0. The first kappa shape index (κ1) is 21.7. The minimum absolute atomic E-state index is 0.215. The standard InChI is InChI=1S/C28H30N4O/c33-16-13-25-21-31(14-15-32(25)20-22-7-2-1-3-8-22)19-23-17-29-28(30-18-23)27-12-6-10-24-9-4-5-11-26(24)27/h1-12,17-18,25,33H,13-16,19-21H2. The fraction of sp³-hybridized carbons (Fsp3) is 0.286. The second-order valence-corrected chi connectivity index (χ2v) is 8.80. The largest absolute Gasteiger partial charge is 0.396 e. The van der Waals surface area contributed by atoms with Gasteiger partial charge >= 0.3 is 0 Å². The molecule has 0 bridgehead atoms. The minimum Gasteiger partial charge on any atom is -0.396 e. The number of nitrogens with zero attached hydrogens (tertiary/aromatic N) is 4. The molecule has 1 saturated heterocycles. The van der Waals surface area contributed by atoms with E-state index in [0.29, 0.717) is 6.04 Å². The third kappa shape index (κ3) is 5.11. The molecule has 4 aromatic rings. The molecular formula is C28H30N4O. The Morgan fingerprint density at radius 2 is 1.55 bits per heavy atom. The number of aliphatic hydroxyl groups is 1. The minimum atomic E-state index is 0.215. The summed E-state index contributed by atoms with van der Waals surface area (Å²) in [4.78, 5) is 14.4. The maximum absolute atomic E-state index is 9.63. The molecule has 0 radical (unpaired) electrons. The molecule has 5 rings (SSSR count). The highest BCUT2D eigenvalue weighted by Gasteiger charge is 2.26. The number of piperazine rings is 1. The molecule has 1 fully saturated rings. The summed E-state index contributed by atoms with van der Waals surface area (Å²) >= 11 is 0. The van der Waals surface area contributed by atoms with E-state index in [2.05, 4.69) is 82.6 Å². The van der Waals surface area contributed by atoms with Crippen LogP contribution in [-0.2, 0) is 13.1 Å². The molecule has 1 aliphatic heterocycles. The molecule has 0 spiro atoms. The summed E-state index contributed by atoms with van der Waals surface area (Å²) in [6, 6.07) is 25.6. The van der Waals surface area contributed by atoms with E-state index in [0.717, 1.165) is 56.1 Å². The van der Waals surface area contributed by atoms with Gasteiger partial charge in [-0.15, -0.1) is 0 Å². The Labute approximate surface area is 195 Å². The van der Waals surface area contributed by atoms with Crippen molar-refractivity contribution in [3.63, 3.8) is 0 Å². The number of rotatable bonds is 7. The van der Waals surface area contributed by atoms with E-state index in [1.165, 1.54) is 16.3 Å². The molecule has 5 nitrogen and oxygen atoms in total. The van der Waals surface area contributed by atoms with Gasteiger partial charge in [0.05, 0.1) is 0 Å². The molecule has 1 atom stereocenters. The molecule has 1 aliphatic rings. The van der Waals surface area contributed by atoms with Crippen LogP contribution in [0.2, 0.25) is 0 Å². The van der Waals surface area contributed by atoms with Crippen LogP contribution < -0.4 is 0 Å². The van der Waals surface area contributed by atoms with Crippen LogP contribution in [0.15, 0.2) is 85.2 Å². The molecule has 1 unspecified atom stereocenters. The highest BCUT2D eigenvalue weighted by atomic mass is 16.3. The van der Waals surface area contributed by atoms with E-state index in [4.69, 9.17) is 9.97 Å². The number of aliphatic hydroxyl groups excluding tert-OH is 1.